The van der Waals surface area contributed by atoms with Crippen LogP contribution >= 0.6 is 0 Å². The van der Waals surface area contributed by atoms with Crippen LogP contribution in [0.2, 0.25) is 0 Å². The average molecular weight is 375 g/mol. The molecule has 0 fully saturated rings. The van der Waals surface area contributed by atoms with E-state index in [-0.39, 0.29) is 0 Å². The molecule has 0 aromatic carbocycles. The summed E-state index contributed by atoms with van der Waals surface area (Å²) in [7, 11) is 0. The monoisotopic (exact) mass is 375 g/mol. The Morgan fingerprint density at radius 1 is 1.21 bits per heavy atom. The molecule has 0 bridgehead atoms. The molecule has 0 saturated carbocycles. The van der Waals surface area contributed by atoms with Gasteiger partial charge in [0.05, 0.1) is 23.5 Å². The van der Waals surface area contributed by atoms with Crippen molar-refractivity contribution in [2.24, 2.45) is 5.73 Å². The molecule has 0 aliphatic carbocycles. The number of carbonyl (C=O) groups is 1. The molecule has 0 saturated heterocycles. The van der Waals surface area contributed by atoms with Gasteiger partial charge in [0.25, 0.3) is 5.91 Å². The lowest BCUT2D eigenvalue weighted by Crippen LogP contribution is -2.14. The van der Waals surface area contributed by atoms with E-state index < -0.39 is 12.0 Å². The third-order valence-electron chi connectivity index (χ3n) is 4.95. The van der Waals surface area contributed by atoms with E-state index in [9.17, 15) is 9.90 Å². The molecule has 0 spiro atoms. The highest BCUT2D eigenvalue weighted by Crippen LogP contribution is 2.32. The second-order valence-electron chi connectivity index (χ2n) is 6.89. The minimum atomic E-state index is -0.577. The van der Waals surface area contributed by atoms with Crippen LogP contribution in [0.5, 0.6) is 0 Å². The van der Waals surface area contributed by atoms with Crippen LogP contribution in [0.25, 0.3) is 27.7 Å². The van der Waals surface area contributed by atoms with Crippen LogP contribution in [-0.2, 0) is 0 Å². The molecule has 4 heterocycles. The molecule has 4 rings (SSSR count). The zero-order chi connectivity index (χ0) is 19.8. The fourth-order valence-electron chi connectivity index (χ4n) is 3.56. The highest BCUT2D eigenvalue weighted by Gasteiger charge is 2.18. The Hall–Kier alpha value is -3.32. The van der Waals surface area contributed by atoms with E-state index in [1.54, 1.807) is 23.0 Å². The molecular formula is C21H21N5O2. The first kappa shape index (κ1) is 18.1. The lowest BCUT2D eigenvalue weighted by Gasteiger charge is -2.14. The van der Waals surface area contributed by atoms with Crippen molar-refractivity contribution in [1.82, 2.24) is 19.4 Å². The number of nitrogens with two attached hydrogens (primary N) is 1. The number of aromatic nitrogens is 4. The topological polar surface area (TPSA) is 106 Å². The zero-order valence-electron chi connectivity index (χ0n) is 15.8. The van der Waals surface area contributed by atoms with E-state index in [0.29, 0.717) is 23.5 Å². The van der Waals surface area contributed by atoms with Crippen molar-refractivity contribution in [2.45, 2.75) is 32.8 Å². The van der Waals surface area contributed by atoms with Crippen molar-refractivity contribution < 1.29 is 9.90 Å². The number of primary amides is 1. The summed E-state index contributed by atoms with van der Waals surface area (Å²) in [5.41, 5.74) is 10.6. The molecular weight excluding hydrogens is 354 g/mol. The predicted octanol–water partition coefficient (Wildman–Crippen LogP) is 3.19. The molecule has 4 aromatic rings. The van der Waals surface area contributed by atoms with Crippen molar-refractivity contribution in [3.8, 4) is 11.1 Å². The molecule has 4 aromatic heterocycles. The Morgan fingerprint density at radius 2 is 2.04 bits per heavy atom. The highest BCUT2D eigenvalue weighted by atomic mass is 16.3. The van der Waals surface area contributed by atoms with Crippen LogP contribution in [0, 0.1) is 6.92 Å². The van der Waals surface area contributed by atoms with Gasteiger partial charge in [0.15, 0.2) is 0 Å². The number of rotatable bonds is 5. The van der Waals surface area contributed by atoms with Crippen molar-refractivity contribution in [3.05, 3.63) is 59.9 Å². The number of nitrogens with zero attached hydrogens (tertiary/aromatic N) is 4. The largest absolute Gasteiger partial charge is 0.387 e. The first-order valence-corrected chi connectivity index (χ1v) is 9.20. The number of aliphatic hydroxyl groups is 1. The number of carbonyl (C=O) groups excluding carboxylic acids is 1. The normalized spacial score (nSPS) is 12.5. The van der Waals surface area contributed by atoms with Crippen molar-refractivity contribution in [2.75, 3.05) is 0 Å². The van der Waals surface area contributed by atoms with Gasteiger partial charge in [0, 0.05) is 35.1 Å². The van der Waals surface area contributed by atoms with E-state index in [0.717, 1.165) is 34.0 Å². The van der Waals surface area contributed by atoms with E-state index in [1.807, 2.05) is 32.0 Å². The second kappa shape index (κ2) is 7.01. The highest BCUT2D eigenvalue weighted by molar-refractivity contribution is 5.98. The molecule has 0 aliphatic heterocycles. The second-order valence-corrected chi connectivity index (χ2v) is 6.89. The Morgan fingerprint density at radius 3 is 2.75 bits per heavy atom. The van der Waals surface area contributed by atoms with Gasteiger partial charge in [-0.05, 0) is 37.1 Å². The number of amides is 1. The maximum Gasteiger partial charge on any atom is 0.267 e. The van der Waals surface area contributed by atoms with Crippen LogP contribution in [0.1, 0.15) is 47.6 Å². The van der Waals surface area contributed by atoms with Crippen LogP contribution < -0.4 is 5.73 Å². The van der Waals surface area contributed by atoms with Gasteiger partial charge in [-0.3, -0.25) is 19.2 Å². The third-order valence-corrected chi connectivity index (χ3v) is 4.95. The number of aliphatic hydroxyl groups excluding tert-OH is 1. The molecule has 1 atom stereocenters. The minimum absolute atomic E-state index is 0.314. The van der Waals surface area contributed by atoms with Crippen LogP contribution in [0.4, 0.5) is 0 Å². The number of fused-ring (bicyclic) bond motifs is 3. The SMILES string of the molecule is CCC[C@@H](O)c1cc(C)c(-c2cc3cnccc3n3c(C(N)=O)cnc23)cn1. The summed E-state index contributed by atoms with van der Waals surface area (Å²) in [4.78, 5) is 25.0. The summed E-state index contributed by atoms with van der Waals surface area (Å²) >= 11 is 0. The lowest BCUT2D eigenvalue weighted by molar-refractivity contribution is 0.0995. The summed E-state index contributed by atoms with van der Waals surface area (Å²) in [6.07, 6.45) is 7.62. The third kappa shape index (κ3) is 2.90. The van der Waals surface area contributed by atoms with Crippen LogP contribution in [0.3, 0.4) is 0 Å². The fourth-order valence-corrected chi connectivity index (χ4v) is 3.56. The van der Waals surface area contributed by atoms with E-state index >= 15 is 0 Å². The average Bonchev–Trinajstić information content (AvgIpc) is 3.13. The van der Waals surface area contributed by atoms with Gasteiger partial charge in [-0.2, -0.15) is 0 Å². The Labute approximate surface area is 161 Å². The summed E-state index contributed by atoms with van der Waals surface area (Å²) in [6.45, 7) is 4.00. The van der Waals surface area contributed by atoms with Crippen molar-refractivity contribution in [3.63, 3.8) is 0 Å². The maximum atomic E-state index is 11.9. The van der Waals surface area contributed by atoms with Gasteiger partial charge in [0.2, 0.25) is 0 Å². The summed E-state index contributed by atoms with van der Waals surface area (Å²) in [6, 6.07) is 5.72. The molecule has 7 heteroatoms. The number of imidazole rings is 1. The van der Waals surface area contributed by atoms with E-state index in [4.69, 9.17) is 5.73 Å². The number of aryl methyl sites for hydroxylation is 1. The zero-order valence-corrected chi connectivity index (χ0v) is 15.8. The molecule has 1 amide bonds. The molecule has 0 aliphatic rings. The number of hydrogen-bond donors (Lipinski definition) is 2. The van der Waals surface area contributed by atoms with Gasteiger partial charge in [-0.1, -0.05) is 13.3 Å². The van der Waals surface area contributed by atoms with Gasteiger partial charge < -0.3 is 10.8 Å². The van der Waals surface area contributed by atoms with E-state index in [1.165, 1.54) is 6.20 Å². The standard InChI is InChI=1S/C21H21N5O2/c1-3-4-19(27)16-7-12(2)15(10-24-16)14-8-13-9-23-6-5-17(13)26-18(20(22)28)11-25-21(14)26/h5-11,19,27H,3-4H2,1-2H3,(H2,22,28)/t19-/m1/s1. The Kier molecular flexibility index (Phi) is 4.52. The van der Waals surface area contributed by atoms with E-state index in [2.05, 4.69) is 15.0 Å². The molecule has 3 N–H and O–H groups in total. The molecule has 142 valence electrons. The molecule has 7 nitrogen and oxygen atoms in total. The van der Waals surface area contributed by atoms with Gasteiger partial charge in [-0.15, -0.1) is 0 Å². The number of hydrogen-bond acceptors (Lipinski definition) is 5. The smallest absolute Gasteiger partial charge is 0.267 e. The van der Waals surface area contributed by atoms with Gasteiger partial charge in [0.1, 0.15) is 11.3 Å². The Bertz CT molecular complexity index is 1200. The Balaban J connectivity index is 1.97. The van der Waals surface area contributed by atoms with Crippen molar-refractivity contribution >= 4 is 22.5 Å². The van der Waals surface area contributed by atoms with Crippen LogP contribution in [-0.4, -0.2) is 30.4 Å². The van der Waals surface area contributed by atoms with Gasteiger partial charge >= 0.3 is 0 Å². The summed E-state index contributed by atoms with van der Waals surface area (Å²) < 4.78 is 1.76. The first-order valence-electron chi connectivity index (χ1n) is 9.20. The molecule has 0 radical (unpaired) electrons. The lowest BCUT2D eigenvalue weighted by atomic mass is 10.00. The molecule has 0 unspecified atom stereocenters. The molecule has 28 heavy (non-hydrogen) atoms. The van der Waals surface area contributed by atoms with Crippen molar-refractivity contribution in [1.29, 1.82) is 0 Å². The first-order chi connectivity index (χ1) is 13.5. The van der Waals surface area contributed by atoms with Gasteiger partial charge in [-0.25, -0.2) is 4.98 Å². The predicted molar refractivity (Wildman–Crippen MR) is 107 cm³/mol. The van der Waals surface area contributed by atoms with Crippen LogP contribution in [0.15, 0.2) is 43.0 Å². The maximum absolute atomic E-state index is 11.9. The number of pyridine rings is 3. The summed E-state index contributed by atoms with van der Waals surface area (Å²) in [5, 5.41) is 11.1. The summed E-state index contributed by atoms with van der Waals surface area (Å²) in [5.74, 6) is -0.546. The quantitative estimate of drug-likeness (QED) is 0.557. The fraction of sp³-hybridized carbons (Fsp3) is 0.238. The minimum Gasteiger partial charge on any atom is -0.387 e.